The number of carbonyl (C=O) groups excluding carboxylic acids is 1. The van der Waals surface area contributed by atoms with Crippen molar-refractivity contribution in [1.29, 1.82) is 0 Å². The Morgan fingerprint density at radius 3 is 2.26 bits per heavy atom. The van der Waals surface area contributed by atoms with E-state index < -0.39 is 6.43 Å². The normalized spacial score (nSPS) is 17.2. The lowest BCUT2D eigenvalue weighted by molar-refractivity contribution is -0.133. The summed E-state index contributed by atoms with van der Waals surface area (Å²) in [6, 6.07) is 0. The quantitative estimate of drug-likeness (QED) is 0.680. The first-order valence-electron chi connectivity index (χ1n) is 7.12. The van der Waals surface area contributed by atoms with Gasteiger partial charge in [-0.2, -0.15) is 0 Å². The second kappa shape index (κ2) is 9.20. The molecule has 1 aliphatic heterocycles. The lowest BCUT2D eigenvalue weighted by atomic mass is 10.1. The van der Waals surface area contributed by atoms with E-state index in [9.17, 15) is 13.6 Å². The third-order valence-electron chi connectivity index (χ3n) is 3.47. The third-order valence-corrected chi connectivity index (χ3v) is 3.47. The average Bonchev–Trinajstić information content (AvgIpc) is 2.38. The molecule has 6 heteroatoms. The molecule has 19 heavy (non-hydrogen) atoms. The van der Waals surface area contributed by atoms with Gasteiger partial charge in [-0.3, -0.25) is 9.69 Å². The molecule has 0 saturated carbocycles. The summed E-state index contributed by atoms with van der Waals surface area (Å²) in [5.74, 6) is 0.157. The Morgan fingerprint density at radius 1 is 1.05 bits per heavy atom. The van der Waals surface area contributed by atoms with Crippen LogP contribution in [0.4, 0.5) is 8.78 Å². The molecule has 112 valence electrons. The highest BCUT2D eigenvalue weighted by Crippen LogP contribution is 2.09. The molecule has 1 heterocycles. The number of unbranched alkanes of at least 4 members (excludes halogenated alkanes) is 3. The average molecular weight is 277 g/mol. The smallest absolute Gasteiger partial charge is 0.251 e. The van der Waals surface area contributed by atoms with Crippen LogP contribution in [0.15, 0.2) is 0 Å². The minimum atomic E-state index is -2.29. The lowest BCUT2D eigenvalue weighted by Gasteiger charge is -2.34. The van der Waals surface area contributed by atoms with Crippen LogP contribution in [0.25, 0.3) is 0 Å². The van der Waals surface area contributed by atoms with Gasteiger partial charge < -0.3 is 10.6 Å². The molecular formula is C13H25F2N3O. The van der Waals surface area contributed by atoms with Gasteiger partial charge in [0, 0.05) is 32.6 Å². The van der Waals surface area contributed by atoms with Crippen molar-refractivity contribution in [3.05, 3.63) is 0 Å². The molecular weight excluding hydrogens is 252 g/mol. The molecule has 1 saturated heterocycles. The molecule has 0 aromatic carbocycles. The SMILES string of the molecule is NCCCCCCC(=O)N1CCN(CC(F)F)CC1. The molecule has 1 amide bonds. The molecule has 2 N–H and O–H groups in total. The first-order valence-corrected chi connectivity index (χ1v) is 7.12. The van der Waals surface area contributed by atoms with Crippen LogP contribution in [-0.2, 0) is 4.79 Å². The molecule has 1 aliphatic rings. The van der Waals surface area contributed by atoms with Gasteiger partial charge in [-0.1, -0.05) is 12.8 Å². The Bertz CT molecular complexity index is 256. The maximum absolute atomic E-state index is 12.2. The highest BCUT2D eigenvalue weighted by atomic mass is 19.3. The second-order valence-corrected chi connectivity index (χ2v) is 5.03. The van der Waals surface area contributed by atoms with Crippen molar-refractivity contribution in [2.45, 2.75) is 38.5 Å². The molecule has 0 aliphatic carbocycles. The minimum Gasteiger partial charge on any atom is -0.340 e. The zero-order chi connectivity index (χ0) is 14.1. The van der Waals surface area contributed by atoms with Crippen LogP contribution in [0.1, 0.15) is 32.1 Å². The molecule has 0 atom stereocenters. The fraction of sp³-hybridized carbons (Fsp3) is 0.923. The number of halogens is 2. The van der Waals surface area contributed by atoms with E-state index in [1.807, 2.05) is 0 Å². The third kappa shape index (κ3) is 6.82. The summed E-state index contributed by atoms with van der Waals surface area (Å²) in [7, 11) is 0. The summed E-state index contributed by atoms with van der Waals surface area (Å²) in [5, 5.41) is 0. The van der Waals surface area contributed by atoms with Crippen LogP contribution in [0.3, 0.4) is 0 Å². The zero-order valence-electron chi connectivity index (χ0n) is 11.5. The van der Waals surface area contributed by atoms with Crippen LogP contribution in [0, 0.1) is 0 Å². The topological polar surface area (TPSA) is 49.6 Å². The minimum absolute atomic E-state index is 0.157. The number of nitrogens with zero attached hydrogens (tertiary/aromatic N) is 2. The van der Waals surface area contributed by atoms with Gasteiger partial charge in [0.15, 0.2) is 0 Å². The predicted molar refractivity (Wildman–Crippen MR) is 71.2 cm³/mol. The number of amides is 1. The molecule has 0 aromatic heterocycles. The summed E-state index contributed by atoms with van der Waals surface area (Å²) in [5.41, 5.74) is 5.40. The second-order valence-electron chi connectivity index (χ2n) is 5.03. The highest BCUT2D eigenvalue weighted by molar-refractivity contribution is 5.76. The van der Waals surface area contributed by atoms with E-state index in [1.54, 1.807) is 9.80 Å². The van der Waals surface area contributed by atoms with Gasteiger partial charge in [0.05, 0.1) is 6.54 Å². The van der Waals surface area contributed by atoms with Crippen LogP contribution < -0.4 is 5.73 Å². The Morgan fingerprint density at radius 2 is 1.68 bits per heavy atom. The first kappa shape index (κ1) is 16.3. The van der Waals surface area contributed by atoms with Gasteiger partial charge in [-0.25, -0.2) is 8.78 Å². The Kier molecular flexibility index (Phi) is 7.90. The number of nitrogens with two attached hydrogens (primary N) is 1. The monoisotopic (exact) mass is 277 g/mol. The van der Waals surface area contributed by atoms with E-state index in [4.69, 9.17) is 5.73 Å². The number of hydrogen-bond acceptors (Lipinski definition) is 3. The Balaban J connectivity index is 2.11. The first-order chi connectivity index (χ1) is 9.13. The summed E-state index contributed by atoms with van der Waals surface area (Å²) in [4.78, 5) is 15.4. The van der Waals surface area contributed by atoms with Crippen molar-refractivity contribution in [2.75, 3.05) is 39.3 Å². The van der Waals surface area contributed by atoms with Crippen molar-refractivity contribution in [2.24, 2.45) is 5.73 Å². The van der Waals surface area contributed by atoms with Gasteiger partial charge in [0.25, 0.3) is 6.43 Å². The van der Waals surface area contributed by atoms with Crippen molar-refractivity contribution in [1.82, 2.24) is 9.80 Å². The van der Waals surface area contributed by atoms with Gasteiger partial charge in [0.2, 0.25) is 5.91 Å². The van der Waals surface area contributed by atoms with Crippen molar-refractivity contribution >= 4 is 5.91 Å². The molecule has 1 fully saturated rings. The van der Waals surface area contributed by atoms with E-state index in [0.717, 1.165) is 25.7 Å². The van der Waals surface area contributed by atoms with Crippen LogP contribution in [0.5, 0.6) is 0 Å². The van der Waals surface area contributed by atoms with E-state index >= 15 is 0 Å². The van der Waals surface area contributed by atoms with Crippen molar-refractivity contribution in [3.63, 3.8) is 0 Å². The van der Waals surface area contributed by atoms with Crippen LogP contribution in [0.2, 0.25) is 0 Å². The molecule has 0 unspecified atom stereocenters. The van der Waals surface area contributed by atoms with Crippen LogP contribution >= 0.6 is 0 Å². The predicted octanol–water partition coefficient (Wildman–Crippen LogP) is 1.30. The number of rotatable bonds is 8. The van der Waals surface area contributed by atoms with E-state index in [0.29, 0.717) is 39.1 Å². The van der Waals surface area contributed by atoms with Gasteiger partial charge in [0.1, 0.15) is 0 Å². The van der Waals surface area contributed by atoms with Crippen molar-refractivity contribution < 1.29 is 13.6 Å². The summed E-state index contributed by atoms with van der Waals surface area (Å²) >= 11 is 0. The Hall–Kier alpha value is -0.750. The molecule has 0 radical (unpaired) electrons. The molecule has 1 rings (SSSR count). The number of carbonyl (C=O) groups is 1. The molecule has 0 aromatic rings. The largest absolute Gasteiger partial charge is 0.340 e. The standard InChI is InChI=1S/C13H25F2N3O/c14-12(15)11-17-7-9-18(10-8-17)13(19)5-3-1-2-4-6-16/h12H,1-11,16H2. The van der Waals surface area contributed by atoms with Gasteiger partial charge in [-0.05, 0) is 19.4 Å². The Labute approximate surface area is 113 Å². The molecule has 0 spiro atoms. The number of hydrogen-bond donors (Lipinski definition) is 1. The molecule has 0 bridgehead atoms. The fourth-order valence-electron chi connectivity index (χ4n) is 2.31. The summed E-state index contributed by atoms with van der Waals surface area (Å²) in [6.45, 7) is 2.80. The summed E-state index contributed by atoms with van der Waals surface area (Å²) < 4.78 is 24.4. The fourth-order valence-corrected chi connectivity index (χ4v) is 2.31. The zero-order valence-corrected chi connectivity index (χ0v) is 11.5. The highest BCUT2D eigenvalue weighted by Gasteiger charge is 2.22. The van der Waals surface area contributed by atoms with E-state index in [2.05, 4.69) is 0 Å². The molecule has 4 nitrogen and oxygen atoms in total. The maximum atomic E-state index is 12.2. The summed E-state index contributed by atoms with van der Waals surface area (Å²) in [6.07, 6.45) is 2.31. The lowest BCUT2D eigenvalue weighted by Crippen LogP contribution is -2.49. The van der Waals surface area contributed by atoms with Crippen LogP contribution in [-0.4, -0.2) is 61.4 Å². The van der Waals surface area contributed by atoms with E-state index in [1.165, 1.54) is 0 Å². The number of piperazine rings is 1. The van der Waals surface area contributed by atoms with Gasteiger partial charge in [-0.15, -0.1) is 0 Å². The van der Waals surface area contributed by atoms with Gasteiger partial charge >= 0.3 is 0 Å². The van der Waals surface area contributed by atoms with E-state index in [-0.39, 0.29) is 12.5 Å². The maximum Gasteiger partial charge on any atom is 0.251 e. The van der Waals surface area contributed by atoms with Crippen molar-refractivity contribution in [3.8, 4) is 0 Å². The number of alkyl halides is 2.